The number of carbonyl (C=O) groups excluding carboxylic acids is 2. The number of rotatable bonds is 5. The van der Waals surface area contributed by atoms with Crippen molar-refractivity contribution >= 4 is 11.8 Å². The van der Waals surface area contributed by atoms with E-state index in [9.17, 15) is 9.59 Å². The number of aromatic nitrogens is 2. The van der Waals surface area contributed by atoms with Crippen molar-refractivity contribution in [3.63, 3.8) is 0 Å². The summed E-state index contributed by atoms with van der Waals surface area (Å²) in [6.07, 6.45) is 4.17. The van der Waals surface area contributed by atoms with Gasteiger partial charge in [-0.15, -0.1) is 0 Å². The van der Waals surface area contributed by atoms with Crippen molar-refractivity contribution < 1.29 is 18.5 Å². The minimum absolute atomic E-state index is 0.0472. The summed E-state index contributed by atoms with van der Waals surface area (Å²) in [7, 11) is 0. The Kier molecular flexibility index (Phi) is 5.19. The van der Waals surface area contributed by atoms with Gasteiger partial charge in [-0.3, -0.25) is 9.59 Å². The molecule has 9 nitrogen and oxygen atoms in total. The van der Waals surface area contributed by atoms with Crippen molar-refractivity contribution in [2.45, 2.75) is 31.7 Å². The summed E-state index contributed by atoms with van der Waals surface area (Å²) >= 11 is 0. The molecule has 2 aliphatic rings. The third-order valence-electron chi connectivity index (χ3n) is 5.03. The summed E-state index contributed by atoms with van der Waals surface area (Å²) in [6, 6.07) is 3.07. The molecule has 2 aromatic heterocycles. The van der Waals surface area contributed by atoms with Gasteiger partial charge in [0.2, 0.25) is 23.5 Å². The summed E-state index contributed by atoms with van der Waals surface area (Å²) in [4.78, 5) is 33.3. The lowest BCUT2D eigenvalue weighted by molar-refractivity contribution is -0.146. The molecule has 2 saturated heterocycles. The minimum atomic E-state index is -0.425. The number of nitrogens with one attached hydrogen (secondary N) is 1. The first-order valence-electron chi connectivity index (χ1n) is 9.38. The van der Waals surface area contributed by atoms with E-state index < -0.39 is 6.04 Å². The quantitative estimate of drug-likeness (QED) is 0.822. The maximum atomic E-state index is 12.8. The van der Waals surface area contributed by atoms with Gasteiger partial charge in [0.15, 0.2) is 5.76 Å². The monoisotopic (exact) mass is 373 g/mol. The number of nitrogens with zero attached hydrogens (tertiary/aromatic N) is 4. The average molecular weight is 373 g/mol. The number of amides is 2. The van der Waals surface area contributed by atoms with Gasteiger partial charge in [0.05, 0.1) is 6.26 Å². The van der Waals surface area contributed by atoms with Crippen LogP contribution in [0, 0.1) is 0 Å². The Morgan fingerprint density at radius 1 is 1.26 bits per heavy atom. The van der Waals surface area contributed by atoms with Crippen molar-refractivity contribution in [3.05, 3.63) is 24.3 Å². The van der Waals surface area contributed by atoms with Gasteiger partial charge in [-0.05, 0) is 25.0 Å². The zero-order valence-corrected chi connectivity index (χ0v) is 15.1. The van der Waals surface area contributed by atoms with Crippen LogP contribution in [0.25, 0.3) is 11.6 Å². The standard InChI is InChI=1S/C18H23N5O4/c24-16(6-5-15-20-17(21-27-15)14-4-3-11-26-14)23-10-7-19-12-13(23)18(25)22-8-1-2-9-22/h3-4,11,13,19H,1-2,5-10,12H2/t13-/m0/s1. The predicted octanol–water partition coefficient (Wildman–Crippen LogP) is 0.685. The smallest absolute Gasteiger partial charge is 0.246 e. The fourth-order valence-electron chi connectivity index (χ4n) is 3.59. The highest BCUT2D eigenvalue weighted by Crippen LogP contribution is 2.18. The molecule has 0 aromatic carbocycles. The molecule has 0 radical (unpaired) electrons. The highest BCUT2D eigenvalue weighted by Gasteiger charge is 2.35. The molecular formula is C18H23N5O4. The average Bonchev–Trinajstić information content (AvgIpc) is 3.47. The Morgan fingerprint density at radius 2 is 2.11 bits per heavy atom. The molecule has 1 atom stereocenters. The van der Waals surface area contributed by atoms with Crippen LogP contribution in [0.1, 0.15) is 25.2 Å². The van der Waals surface area contributed by atoms with E-state index in [4.69, 9.17) is 8.94 Å². The van der Waals surface area contributed by atoms with Crippen LogP contribution in [0.4, 0.5) is 0 Å². The molecule has 9 heteroatoms. The molecule has 2 amide bonds. The number of furan rings is 1. The fourth-order valence-corrected chi connectivity index (χ4v) is 3.59. The molecule has 0 saturated carbocycles. The Labute approximate surface area is 156 Å². The molecule has 2 fully saturated rings. The largest absolute Gasteiger partial charge is 0.461 e. The summed E-state index contributed by atoms with van der Waals surface area (Å²) in [5.41, 5.74) is 0. The van der Waals surface area contributed by atoms with E-state index in [1.54, 1.807) is 17.0 Å². The zero-order chi connectivity index (χ0) is 18.6. The van der Waals surface area contributed by atoms with Crippen LogP contribution in [0.3, 0.4) is 0 Å². The van der Waals surface area contributed by atoms with Gasteiger partial charge in [-0.2, -0.15) is 4.98 Å². The maximum absolute atomic E-state index is 12.8. The minimum Gasteiger partial charge on any atom is -0.461 e. The van der Waals surface area contributed by atoms with Gasteiger partial charge in [-0.1, -0.05) is 5.16 Å². The normalized spacial score (nSPS) is 20.2. The summed E-state index contributed by atoms with van der Waals surface area (Å²) < 4.78 is 10.4. The molecule has 4 rings (SSSR count). The first kappa shape index (κ1) is 17.7. The first-order chi connectivity index (χ1) is 13.2. The summed E-state index contributed by atoms with van der Waals surface area (Å²) in [5, 5.41) is 7.09. The van der Waals surface area contributed by atoms with Crippen LogP contribution < -0.4 is 5.32 Å². The van der Waals surface area contributed by atoms with Crippen molar-refractivity contribution in [2.24, 2.45) is 0 Å². The summed E-state index contributed by atoms with van der Waals surface area (Å²) in [6.45, 7) is 3.30. The molecule has 0 bridgehead atoms. The van der Waals surface area contributed by atoms with Gasteiger partial charge in [0.25, 0.3) is 0 Å². The van der Waals surface area contributed by atoms with Gasteiger partial charge in [0, 0.05) is 45.6 Å². The highest BCUT2D eigenvalue weighted by atomic mass is 16.5. The number of carbonyl (C=O) groups is 2. The Bertz CT molecular complexity index is 782. The van der Waals surface area contributed by atoms with Gasteiger partial charge < -0.3 is 24.1 Å². The molecule has 4 heterocycles. The third kappa shape index (κ3) is 3.87. The Balaban J connectivity index is 1.36. The molecule has 0 spiro atoms. The van der Waals surface area contributed by atoms with E-state index in [2.05, 4.69) is 15.5 Å². The van der Waals surface area contributed by atoms with Crippen molar-refractivity contribution in [3.8, 4) is 11.6 Å². The van der Waals surface area contributed by atoms with Gasteiger partial charge >= 0.3 is 0 Å². The number of hydrogen-bond acceptors (Lipinski definition) is 7. The van der Waals surface area contributed by atoms with E-state index in [1.165, 1.54) is 6.26 Å². The molecule has 144 valence electrons. The molecule has 1 N–H and O–H groups in total. The predicted molar refractivity (Wildman–Crippen MR) is 94.5 cm³/mol. The lowest BCUT2D eigenvalue weighted by Gasteiger charge is -2.37. The Hall–Kier alpha value is -2.68. The van der Waals surface area contributed by atoms with Crippen LogP contribution in [0.15, 0.2) is 27.3 Å². The van der Waals surface area contributed by atoms with Crippen LogP contribution in [-0.2, 0) is 16.0 Å². The topological polar surface area (TPSA) is 105 Å². The van der Waals surface area contributed by atoms with E-state index in [0.717, 1.165) is 25.9 Å². The van der Waals surface area contributed by atoms with E-state index >= 15 is 0 Å². The third-order valence-corrected chi connectivity index (χ3v) is 5.03. The highest BCUT2D eigenvalue weighted by molar-refractivity contribution is 5.88. The van der Waals surface area contributed by atoms with Crippen LogP contribution in [0.5, 0.6) is 0 Å². The van der Waals surface area contributed by atoms with Gasteiger partial charge in [-0.25, -0.2) is 0 Å². The van der Waals surface area contributed by atoms with Crippen molar-refractivity contribution in [1.82, 2.24) is 25.3 Å². The summed E-state index contributed by atoms with van der Waals surface area (Å²) in [5.74, 6) is 1.26. The molecule has 0 aliphatic carbocycles. The van der Waals surface area contributed by atoms with Crippen LogP contribution in [-0.4, -0.2) is 70.5 Å². The zero-order valence-electron chi connectivity index (χ0n) is 15.1. The van der Waals surface area contributed by atoms with Crippen LogP contribution in [0.2, 0.25) is 0 Å². The molecule has 2 aromatic rings. The molecule has 2 aliphatic heterocycles. The maximum Gasteiger partial charge on any atom is 0.246 e. The van der Waals surface area contributed by atoms with Crippen molar-refractivity contribution in [1.29, 1.82) is 0 Å². The Morgan fingerprint density at radius 3 is 2.89 bits per heavy atom. The number of hydrogen-bond donors (Lipinski definition) is 1. The second-order valence-corrected chi connectivity index (χ2v) is 6.83. The second kappa shape index (κ2) is 7.91. The number of aryl methyl sites for hydroxylation is 1. The first-order valence-corrected chi connectivity index (χ1v) is 9.38. The fraction of sp³-hybridized carbons (Fsp3) is 0.556. The molecular weight excluding hydrogens is 350 g/mol. The van der Waals surface area contributed by atoms with E-state index in [1.807, 2.05) is 4.90 Å². The lowest BCUT2D eigenvalue weighted by atomic mass is 10.1. The van der Waals surface area contributed by atoms with E-state index in [0.29, 0.717) is 43.5 Å². The van der Waals surface area contributed by atoms with Gasteiger partial charge in [0.1, 0.15) is 6.04 Å². The number of likely N-dealkylation sites (tertiary alicyclic amines) is 1. The van der Waals surface area contributed by atoms with Crippen molar-refractivity contribution in [2.75, 3.05) is 32.7 Å². The molecule has 27 heavy (non-hydrogen) atoms. The second-order valence-electron chi connectivity index (χ2n) is 6.83. The van der Waals surface area contributed by atoms with E-state index in [-0.39, 0.29) is 18.2 Å². The van der Waals surface area contributed by atoms with Crippen LogP contribution >= 0.6 is 0 Å². The molecule has 0 unspecified atom stereocenters. The lowest BCUT2D eigenvalue weighted by Crippen LogP contribution is -2.59. The SMILES string of the molecule is O=C([C@@H]1CNCCN1C(=O)CCc1nc(-c2ccco2)no1)N1CCCC1. The number of piperazine rings is 1.